The van der Waals surface area contributed by atoms with Crippen LogP contribution in [0.4, 0.5) is 22.0 Å². The van der Waals surface area contributed by atoms with E-state index in [0.717, 1.165) is 10.2 Å². The molecule has 2 aromatic carbocycles. The van der Waals surface area contributed by atoms with E-state index in [4.69, 9.17) is 0 Å². The normalized spacial score (nSPS) is 10.1. The molecule has 5 nitrogen and oxygen atoms in total. The van der Waals surface area contributed by atoms with E-state index in [1.807, 2.05) is 48.5 Å². The van der Waals surface area contributed by atoms with Gasteiger partial charge in [0.1, 0.15) is 5.82 Å². The lowest BCUT2D eigenvalue weighted by atomic mass is 10.2. The number of carbonyl (C=O) groups is 1. The number of rotatable bonds is 5. The van der Waals surface area contributed by atoms with E-state index in [1.165, 1.54) is 5.56 Å². The van der Waals surface area contributed by atoms with Gasteiger partial charge >= 0.3 is 6.03 Å². The van der Waals surface area contributed by atoms with Crippen LogP contribution in [0.3, 0.4) is 0 Å². The molecule has 0 fully saturated rings. The Hall–Kier alpha value is -2.86. The zero-order valence-electron chi connectivity index (χ0n) is 13.4. The van der Waals surface area contributed by atoms with Gasteiger partial charge in [0.2, 0.25) is 0 Å². The van der Waals surface area contributed by atoms with E-state index < -0.39 is 0 Å². The smallest absolute Gasteiger partial charge is 0.324 e. The summed E-state index contributed by atoms with van der Waals surface area (Å²) >= 11 is 3.54. The zero-order chi connectivity index (χ0) is 17.5. The lowest BCUT2D eigenvalue weighted by Gasteiger charge is -2.10. The Morgan fingerprint density at radius 2 is 1.60 bits per heavy atom. The minimum atomic E-state index is -0.326. The van der Waals surface area contributed by atoms with Gasteiger partial charge in [0.15, 0.2) is 0 Å². The summed E-state index contributed by atoms with van der Waals surface area (Å²) in [5.41, 5.74) is 2.87. The third kappa shape index (κ3) is 5.06. The molecule has 2 amide bonds. The summed E-state index contributed by atoms with van der Waals surface area (Å²) in [6.45, 7) is 0.717. The molecule has 0 aliphatic rings. The number of nitrogens with one attached hydrogen (secondary N) is 3. The highest BCUT2D eigenvalue weighted by atomic mass is 79.9. The number of anilines is 3. The van der Waals surface area contributed by atoms with Gasteiger partial charge in [-0.1, -0.05) is 40.2 Å². The number of carbonyl (C=O) groups excluding carboxylic acids is 1. The van der Waals surface area contributed by atoms with Gasteiger partial charge in [0.05, 0.1) is 0 Å². The molecule has 3 aromatic rings. The van der Waals surface area contributed by atoms with Crippen molar-refractivity contribution in [2.75, 3.05) is 16.0 Å². The first kappa shape index (κ1) is 17.0. The highest BCUT2D eigenvalue weighted by Gasteiger charge is 2.03. The van der Waals surface area contributed by atoms with Crippen molar-refractivity contribution in [1.82, 2.24) is 4.98 Å². The Labute approximate surface area is 154 Å². The molecule has 1 heterocycles. The van der Waals surface area contributed by atoms with Crippen molar-refractivity contribution < 1.29 is 4.79 Å². The van der Waals surface area contributed by atoms with E-state index in [9.17, 15) is 4.79 Å². The van der Waals surface area contributed by atoms with Crippen LogP contribution in [0.5, 0.6) is 0 Å². The van der Waals surface area contributed by atoms with Crippen LogP contribution in [0.15, 0.2) is 77.4 Å². The van der Waals surface area contributed by atoms with Crippen LogP contribution in [-0.2, 0) is 6.54 Å². The predicted molar refractivity (Wildman–Crippen MR) is 105 cm³/mol. The average Bonchev–Trinajstić information content (AvgIpc) is 2.63. The van der Waals surface area contributed by atoms with Crippen molar-refractivity contribution in [2.24, 2.45) is 0 Å². The van der Waals surface area contributed by atoms with Crippen LogP contribution in [0.25, 0.3) is 0 Å². The predicted octanol–water partition coefficient (Wildman–Crippen LogP) is 5.10. The number of nitrogens with zero attached hydrogens (tertiary/aromatic N) is 1. The SMILES string of the molecule is O=C(Nc1ccc(NCc2ccccc2Br)cc1)Nc1ccccn1. The van der Waals surface area contributed by atoms with Crippen molar-refractivity contribution >= 4 is 39.2 Å². The van der Waals surface area contributed by atoms with E-state index in [-0.39, 0.29) is 6.03 Å². The first-order valence-electron chi connectivity index (χ1n) is 7.77. The summed E-state index contributed by atoms with van der Waals surface area (Å²) in [5.74, 6) is 0.506. The minimum absolute atomic E-state index is 0.326. The van der Waals surface area contributed by atoms with E-state index in [0.29, 0.717) is 18.1 Å². The van der Waals surface area contributed by atoms with Crippen molar-refractivity contribution in [3.8, 4) is 0 Å². The molecule has 0 saturated carbocycles. The molecule has 0 spiro atoms. The summed E-state index contributed by atoms with van der Waals surface area (Å²) in [6.07, 6.45) is 1.63. The maximum absolute atomic E-state index is 11.9. The summed E-state index contributed by atoms with van der Waals surface area (Å²) in [4.78, 5) is 16.0. The molecule has 126 valence electrons. The highest BCUT2D eigenvalue weighted by Crippen LogP contribution is 2.19. The molecular formula is C19H17BrN4O. The maximum atomic E-state index is 11.9. The fraction of sp³-hybridized carbons (Fsp3) is 0.0526. The van der Waals surface area contributed by atoms with Gasteiger partial charge in [-0.2, -0.15) is 0 Å². The Bertz CT molecular complexity index is 838. The first-order chi connectivity index (χ1) is 12.2. The number of benzene rings is 2. The molecule has 25 heavy (non-hydrogen) atoms. The summed E-state index contributed by atoms with van der Waals surface area (Å²) < 4.78 is 1.08. The number of amides is 2. The molecule has 3 rings (SSSR count). The second kappa shape index (κ2) is 8.30. The third-order valence-corrected chi connectivity index (χ3v) is 4.26. The number of hydrogen-bond acceptors (Lipinski definition) is 3. The van der Waals surface area contributed by atoms with Crippen LogP contribution < -0.4 is 16.0 Å². The molecule has 1 aromatic heterocycles. The fourth-order valence-corrected chi connectivity index (χ4v) is 2.65. The summed E-state index contributed by atoms with van der Waals surface area (Å²) in [6, 6.07) is 20.6. The Morgan fingerprint density at radius 1 is 0.880 bits per heavy atom. The molecule has 0 radical (unpaired) electrons. The minimum Gasteiger partial charge on any atom is -0.381 e. The Kier molecular flexibility index (Phi) is 5.64. The van der Waals surface area contributed by atoms with E-state index in [2.05, 4.69) is 42.9 Å². The third-order valence-electron chi connectivity index (χ3n) is 3.49. The second-order valence-electron chi connectivity index (χ2n) is 5.32. The van der Waals surface area contributed by atoms with Crippen molar-refractivity contribution in [1.29, 1.82) is 0 Å². The Morgan fingerprint density at radius 3 is 2.32 bits per heavy atom. The van der Waals surface area contributed by atoms with Crippen LogP contribution >= 0.6 is 15.9 Å². The largest absolute Gasteiger partial charge is 0.381 e. The monoisotopic (exact) mass is 396 g/mol. The van der Waals surface area contributed by atoms with Gasteiger partial charge in [-0.05, 0) is 48.0 Å². The van der Waals surface area contributed by atoms with Crippen LogP contribution in [0.1, 0.15) is 5.56 Å². The summed E-state index contributed by atoms with van der Waals surface area (Å²) in [7, 11) is 0. The Balaban J connectivity index is 1.53. The van der Waals surface area contributed by atoms with Gasteiger partial charge < -0.3 is 10.6 Å². The van der Waals surface area contributed by atoms with Gasteiger partial charge in [-0.15, -0.1) is 0 Å². The number of pyridine rings is 1. The van der Waals surface area contributed by atoms with Gasteiger partial charge in [-0.25, -0.2) is 9.78 Å². The van der Waals surface area contributed by atoms with Gasteiger partial charge in [-0.3, -0.25) is 5.32 Å². The van der Waals surface area contributed by atoms with E-state index in [1.54, 1.807) is 18.3 Å². The van der Waals surface area contributed by atoms with Crippen molar-refractivity contribution in [3.05, 3.63) is 83.0 Å². The van der Waals surface area contributed by atoms with E-state index >= 15 is 0 Å². The molecule has 6 heteroatoms. The molecule has 0 atom stereocenters. The van der Waals surface area contributed by atoms with Crippen LogP contribution in [-0.4, -0.2) is 11.0 Å². The van der Waals surface area contributed by atoms with Gasteiger partial charge in [0.25, 0.3) is 0 Å². The van der Waals surface area contributed by atoms with Gasteiger partial charge in [0, 0.05) is 28.6 Å². The lowest BCUT2D eigenvalue weighted by Crippen LogP contribution is -2.19. The lowest BCUT2D eigenvalue weighted by molar-refractivity contribution is 0.262. The quantitative estimate of drug-likeness (QED) is 0.561. The number of halogens is 1. The summed E-state index contributed by atoms with van der Waals surface area (Å²) in [5, 5.41) is 8.80. The standard InChI is InChI=1S/C19H17BrN4O/c20-17-6-2-1-5-14(17)13-22-15-8-10-16(11-9-15)23-19(25)24-18-7-3-4-12-21-18/h1-12,22H,13H2,(H2,21,23,24,25). The molecule has 0 aliphatic heterocycles. The van der Waals surface area contributed by atoms with Crippen LogP contribution in [0, 0.1) is 0 Å². The maximum Gasteiger partial charge on any atom is 0.324 e. The molecule has 0 saturated heterocycles. The first-order valence-corrected chi connectivity index (χ1v) is 8.56. The average molecular weight is 397 g/mol. The molecule has 0 aliphatic carbocycles. The van der Waals surface area contributed by atoms with Crippen molar-refractivity contribution in [2.45, 2.75) is 6.54 Å². The zero-order valence-corrected chi connectivity index (χ0v) is 15.0. The number of hydrogen-bond donors (Lipinski definition) is 3. The molecule has 0 unspecified atom stereocenters. The molecule has 0 bridgehead atoms. The second-order valence-corrected chi connectivity index (χ2v) is 6.17. The number of urea groups is 1. The topological polar surface area (TPSA) is 66.1 Å². The molecular weight excluding hydrogens is 380 g/mol. The van der Waals surface area contributed by atoms with Crippen molar-refractivity contribution in [3.63, 3.8) is 0 Å². The highest BCUT2D eigenvalue weighted by molar-refractivity contribution is 9.10. The number of aromatic nitrogens is 1. The fourth-order valence-electron chi connectivity index (χ4n) is 2.23. The molecule has 3 N–H and O–H groups in total. The van der Waals surface area contributed by atoms with Crippen LogP contribution in [0.2, 0.25) is 0 Å².